The molecule has 2 amide bonds. The van der Waals surface area contributed by atoms with Crippen molar-refractivity contribution in [1.82, 2.24) is 24.7 Å². The molecule has 9 heteroatoms. The molecule has 0 aliphatic heterocycles. The normalized spacial score (nSPS) is 11.1. The number of aromatic nitrogens is 2. The number of carbonyl (C=O) groups is 2. The maximum Gasteiger partial charge on any atom is 0.270 e. The number of nitrogens with zero attached hydrogens (tertiary/aromatic N) is 4. The zero-order valence-electron chi connectivity index (χ0n) is 19.3. The number of hydrogen-bond donors (Lipinski definition) is 1. The van der Waals surface area contributed by atoms with E-state index in [0.717, 1.165) is 23.7 Å². The van der Waals surface area contributed by atoms with Crippen molar-refractivity contribution in [2.45, 2.75) is 26.4 Å². The van der Waals surface area contributed by atoms with Crippen LogP contribution in [0.2, 0.25) is 0 Å². The first-order valence-corrected chi connectivity index (χ1v) is 11.8. The fourth-order valence-corrected chi connectivity index (χ4v) is 4.13. The second-order valence-corrected chi connectivity index (χ2v) is 8.99. The Bertz CT molecular complexity index is 1060. The Morgan fingerprint density at radius 2 is 1.91 bits per heavy atom. The number of thiazole rings is 1. The second kappa shape index (κ2) is 11.7. The van der Waals surface area contributed by atoms with E-state index in [1.807, 2.05) is 48.8 Å². The van der Waals surface area contributed by atoms with Gasteiger partial charge < -0.3 is 19.7 Å². The number of likely N-dealkylation sites (N-methyl/N-ethyl adjacent to an activating group) is 1. The third-order valence-electron chi connectivity index (χ3n) is 5.08. The molecule has 0 aliphatic carbocycles. The van der Waals surface area contributed by atoms with Crippen molar-refractivity contribution in [1.29, 1.82) is 0 Å². The molecule has 0 unspecified atom stereocenters. The topological polar surface area (TPSA) is 70.5 Å². The number of nitrogens with one attached hydrogen (secondary N) is 1. The molecule has 176 valence electrons. The van der Waals surface area contributed by atoms with E-state index in [4.69, 9.17) is 0 Å². The highest BCUT2D eigenvalue weighted by Crippen LogP contribution is 2.16. The Morgan fingerprint density at radius 3 is 2.61 bits per heavy atom. The fourth-order valence-electron chi connectivity index (χ4n) is 3.36. The van der Waals surface area contributed by atoms with Crippen LogP contribution in [0, 0.1) is 5.82 Å². The van der Waals surface area contributed by atoms with Gasteiger partial charge in [0.15, 0.2) is 0 Å². The first kappa shape index (κ1) is 24.6. The van der Waals surface area contributed by atoms with Crippen molar-refractivity contribution in [3.63, 3.8) is 0 Å². The molecule has 33 heavy (non-hydrogen) atoms. The average Bonchev–Trinajstić information content (AvgIpc) is 3.43. The standard InChI is InChI=1S/C24H30FN5O2S/c1-4-12-30(24(32)18-7-9-19(25)10-8-18)15-20-6-5-13-29(20)16-22-27-21(17-33-22)23(31)26-11-14-28(2)3/h5-10,13,17H,4,11-12,14-16H2,1-3H3,(H,26,31). The van der Waals surface area contributed by atoms with Gasteiger partial charge in [0, 0.05) is 42.5 Å². The molecule has 3 aromatic rings. The van der Waals surface area contributed by atoms with Crippen molar-refractivity contribution in [2.24, 2.45) is 0 Å². The summed E-state index contributed by atoms with van der Waals surface area (Å²) in [7, 11) is 3.91. The lowest BCUT2D eigenvalue weighted by atomic mass is 10.2. The highest BCUT2D eigenvalue weighted by Gasteiger charge is 2.18. The number of benzene rings is 1. The maximum absolute atomic E-state index is 13.2. The van der Waals surface area contributed by atoms with Gasteiger partial charge in [-0.05, 0) is 56.9 Å². The molecule has 0 fully saturated rings. The molecule has 0 radical (unpaired) electrons. The van der Waals surface area contributed by atoms with Gasteiger partial charge in [0.25, 0.3) is 11.8 Å². The van der Waals surface area contributed by atoms with Crippen LogP contribution in [0.5, 0.6) is 0 Å². The molecule has 3 rings (SSSR count). The fraction of sp³-hybridized carbons (Fsp3) is 0.375. The van der Waals surface area contributed by atoms with E-state index in [1.54, 1.807) is 10.3 Å². The summed E-state index contributed by atoms with van der Waals surface area (Å²) in [5.74, 6) is -0.668. The molecule has 7 nitrogen and oxygen atoms in total. The largest absolute Gasteiger partial charge is 0.349 e. The Morgan fingerprint density at radius 1 is 1.15 bits per heavy atom. The summed E-state index contributed by atoms with van der Waals surface area (Å²) < 4.78 is 15.3. The van der Waals surface area contributed by atoms with E-state index in [9.17, 15) is 14.0 Å². The molecule has 0 bridgehead atoms. The lowest BCUT2D eigenvalue weighted by Crippen LogP contribution is -2.32. The predicted molar refractivity (Wildman–Crippen MR) is 128 cm³/mol. The zero-order chi connectivity index (χ0) is 23.8. The van der Waals surface area contributed by atoms with Crippen LogP contribution < -0.4 is 5.32 Å². The summed E-state index contributed by atoms with van der Waals surface area (Å²) in [5, 5.41) is 5.46. The van der Waals surface area contributed by atoms with Crippen LogP contribution in [-0.2, 0) is 13.1 Å². The zero-order valence-corrected chi connectivity index (χ0v) is 20.1. The van der Waals surface area contributed by atoms with E-state index in [2.05, 4.69) is 10.3 Å². The minimum absolute atomic E-state index is 0.129. The van der Waals surface area contributed by atoms with Gasteiger partial charge in [-0.15, -0.1) is 11.3 Å². The molecule has 1 aromatic carbocycles. The summed E-state index contributed by atoms with van der Waals surface area (Å²) in [6, 6.07) is 9.54. The van der Waals surface area contributed by atoms with Gasteiger partial charge in [-0.1, -0.05) is 6.92 Å². The summed E-state index contributed by atoms with van der Waals surface area (Å²) >= 11 is 1.44. The van der Waals surface area contributed by atoms with Gasteiger partial charge >= 0.3 is 0 Å². The van der Waals surface area contributed by atoms with Crippen LogP contribution in [0.15, 0.2) is 48.0 Å². The molecule has 1 N–H and O–H groups in total. The third kappa shape index (κ3) is 6.97. The van der Waals surface area contributed by atoms with E-state index < -0.39 is 0 Å². The van der Waals surface area contributed by atoms with E-state index in [0.29, 0.717) is 37.4 Å². The Kier molecular flexibility index (Phi) is 8.73. The molecule has 0 aliphatic rings. The van der Waals surface area contributed by atoms with E-state index >= 15 is 0 Å². The van der Waals surface area contributed by atoms with Crippen LogP contribution >= 0.6 is 11.3 Å². The molecule has 0 spiro atoms. The highest BCUT2D eigenvalue weighted by molar-refractivity contribution is 7.09. The lowest BCUT2D eigenvalue weighted by molar-refractivity contribution is 0.0739. The van der Waals surface area contributed by atoms with Gasteiger partial charge in [0.1, 0.15) is 16.5 Å². The van der Waals surface area contributed by atoms with Crippen molar-refractivity contribution in [3.05, 3.63) is 75.8 Å². The van der Waals surface area contributed by atoms with E-state index in [1.165, 1.54) is 35.6 Å². The summed E-state index contributed by atoms with van der Waals surface area (Å²) in [6.07, 6.45) is 2.76. The first-order valence-electron chi connectivity index (χ1n) is 10.9. The Labute approximate surface area is 197 Å². The van der Waals surface area contributed by atoms with Crippen LogP contribution in [-0.4, -0.2) is 64.9 Å². The van der Waals surface area contributed by atoms with Gasteiger partial charge in [0.2, 0.25) is 0 Å². The van der Waals surface area contributed by atoms with Crippen LogP contribution in [0.25, 0.3) is 0 Å². The SMILES string of the molecule is CCCN(Cc1cccn1Cc1nc(C(=O)NCCN(C)C)cs1)C(=O)c1ccc(F)cc1. The smallest absolute Gasteiger partial charge is 0.270 e. The van der Waals surface area contributed by atoms with E-state index in [-0.39, 0.29) is 17.6 Å². The maximum atomic E-state index is 13.2. The van der Waals surface area contributed by atoms with Gasteiger partial charge in [-0.3, -0.25) is 9.59 Å². The van der Waals surface area contributed by atoms with Crippen molar-refractivity contribution >= 4 is 23.2 Å². The molecule has 0 atom stereocenters. The molecular formula is C24H30FN5O2S. The van der Waals surface area contributed by atoms with Crippen molar-refractivity contribution in [3.8, 4) is 0 Å². The minimum atomic E-state index is -0.364. The first-order chi connectivity index (χ1) is 15.9. The predicted octanol–water partition coefficient (Wildman–Crippen LogP) is 3.48. The quantitative estimate of drug-likeness (QED) is 0.465. The number of carbonyl (C=O) groups excluding carboxylic acids is 2. The molecular weight excluding hydrogens is 441 g/mol. The highest BCUT2D eigenvalue weighted by atomic mass is 32.1. The molecule has 0 saturated heterocycles. The molecule has 0 saturated carbocycles. The average molecular weight is 472 g/mol. The Hall–Kier alpha value is -3.04. The number of amides is 2. The van der Waals surface area contributed by atoms with Gasteiger partial charge in [0.05, 0.1) is 13.1 Å². The number of rotatable bonds is 11. The second-order valence-electron chi connectivity index (χ2n) is 8.05. The summed E-state index contributed by atoms with van der Waals surface area (Å²) in [5.41, 5.74) is 1.85. The van der Waals surface area contributed by atoms with Crippen molar-refractivity contribution in [2.75, 3.05) is 33.7 Å². The van der Waals surface area contributed by atoms with Crippen molar-refractivity contribution < 1.29 is 14.0 Å². The van der Waals surface area contributed by atoms with Gasteiger partial charge in [-0.25, -0.2) is 9.37 Å². The van der Waals surface area contributed by atoms with Crippen LogP contribution in [0.3, 0.4) is 0 Å². The third-order valence-corrected chi connectivity index (χ3v) is 5.92. The number of halogens is 1. The summed E-state index contributed by atoms with van der Waals surface area (Å²) in [6.45, 7) is 4.89. The van der Waals surface area contributed by atoms with Crippen LogP contribution in [0.4, 0.5) is 4.39 Å². The van der Waals surface area contributed by atoms with Gasteiger partial charge in [-0.2, -0.15) is 0 Å². The van der Waals surface area contributed by atoms with Crippen LogP contribution in [0.1, 0.15) is 44.9 Å². The lowest BCUT2D eigenvalue weighted by Gasteiger charge is -2.23. The minimum Gasteiger partial charge on any atom is -0.349 e. The number of hydrogen-bond acceptors (Lipinski definition) is 5. The molecule has 2 aromatic heterocycles. The monoisotopic (exact) mass is 471 g/mol. The Balaban J connectivity index is 1.66. The molecule has 2 heterocycles. The summed E-state index contributed by atoms with van der Waals surface area (Å²) in [4.78, 5) is 33.5.